The molecule has 0 fully saturated rings. The van der Waals surface area contributed by atoms with Crippen LogP contribution in [0.15, 0.2) is 22.6 Å². The summed E-state index contributed by atoms with van der Waals surface area (Å²) in [6, 6.07) is 0. The van der Waals surface area contributed by atoms with E-state index in [4.69, 9.17) is 0 Å². The fraction of sp³-hybridized carbons (Fsp3) is 0.167. The van der Waals surface area contributed by atoms with Gasteiger partial charge in [0.25, 0.3) is 11.5 Å². The van der Waals surface area contributed by atoms with Crippen LogP contribution in [0.25, 0.3) is 4.96 Å². The zero-order valence-electron chi connectivity index (χ0n) is 10.7. The minimum absolute atomic E-state index is 0.0126. The third kappa shape index (κ3) is 2.02. The zero-order chi connectivity index (χ0) is 14.3. The number of nitrogens with zero attached hydrogens (tertiary/aromatic N) is 3. The summed E-state index contributed by atoms with van der Waals surface area (Å²) in [7, 11) is 0. The summed E-state index contributed by atoms with van der Waals surface area (Å²) >= 11 is 2.72. The number of carbonyl (C=O) groups is 1. The molecule has 0 saturated heterocycles. The molecule has 1 amide bonds. The van der Waals surface area contributed by atoms with Gasteiger partial charge in [-0.25, -0.2) is 9.97 Å². The Kier molecular flexibility index (Phi) is 3.11. The van der Waals surface area contributed by atoms with Gasteiger partial charge in [0.2, 0.25) is 0 Å². The van der Waals surface area contributed by atoms with Gasteiger partial charge in [-0.1, -0.05) is 0 Å². The Hall–Kier alpha value is -2.06. The zero-order valence-corrected chi connectivity index (χ0v) is 12.3. The number of aryl methyl sites for hydroxylation is 2. The van der Waals surface area contributed by atoms with Crippen LogP contribution >= 0.6 is 22.7 Å². The molecular weight excluding hydrogens is 296 g/mol. The molecule has 0 aliphatic heterocycles. The van der Waals surface area contributed by atoms with Gasteiger partial charge in [0.05, 0.1) is 0 Å². The second kappa shape index (κ2) is 4.80. The van der Waals surface area contributed by atoms with Gasteiger partial charge in [-0.05, 0) is 13.8 Å². The maximum atomic E-state index is 12.4. The lowest BCUT2D eigenvalue weighted by Gasteiger charge is -2.02. The van der Waals surface area contributed by atoms with Gasteiger partial charge in [-0.15, -0.1) is 22.7 Å². The second-order valence-corrected chi connectivity index (χ2v) is 6.21. The van der Waals surface area contributed by atoms with Crippen molar-refractivity contribution in [3.05, 3.63) is 44.3 Å². The van der Waals surface area contributed by atoms with Crippen molar-refractivity contribution in [2.45, 2.75) is 13.8 Å². The molecule has 102 valence electrons. The van der Waals surface area contributed by atoms with E-state index in [9.17, 15) is 9.59 Å². The maximum absolute atomic E-state index is 12.4. The van der Waals surface area contributed by atoms with E-state index in [0.29, 0.717) is 10.1 Å². The number of thiazole rings is 2. The van der Waals surface area contributed by atoms with Gasteiger partial charge < -0.3 is 0 Å². The molecule has 0 atom stereocenters. The summed E-state index contributed by atoms with van der Waals surface area (Å²) in [5.41, 5.74) is 0.468. The number of anilines is 1. The molecule has 0 aliphatic rings. The highest BCUT2D eigenvalue weighted by Gasteiger charge is 2.17. The molecule has 1 N–H and O–H groups in total. The number of hydrogen-bond acceptors (Lipinski definition) is 6. The first kappa shape index (κ1) is 12.9. The smallest absolute Gasteiger partial charge is 0.271 e. The summed E-state index contributed by atoms with van der Waals surface area (Å²) in [5, 5.41) is 4.79. The van der Waals surface area contributed by atoms with E-state index < -0.39 is 5.91 Å². The van der Waals surface area contributed by atoms with E-state index in [1.807, 2.05) is 13.8 Å². The molecule has 0 saturated carbocycles. The summed E-state index contributed by atoms with van der Waals surface area (Å²) in [6.07, 6.45) is 2.90. The number of rotatable bonds is 2. The molecule has 3 aromatic heterocycles. The number of carbonyl (C=O) groups excluding carboxylic acids is 1. The van der Waals surface area contributed by atoms with E-state index in [1.54, 1.807) is 11.6 Å². The van der Waals surface area contributed by atoms with Crippen molar-refractivity contribution in [2.24, 2.45) is 0 Å². The van der Waals surface area contributed by atoms with Gasteiger partial charge >= 0.3 is 0 Å². The van der Waals surface area contributed by atoms with Crippen LogP contribution in [0.2, 0.25) is 0 Å². The third-order valence-electron chi connectivity index (χ3n) is 2.92. The van der Waals surface area contributed by atoms with Crippen molar-refractivity contribution in [1.29, 1.82) is 0 Å². The first-order valence-electron chi connectivity index (χ1n) is 5.76. The lowest BCUT2D eigenvalue weighted by Crippen LogP contribution is -2.26. The van der Waals surface area contributed by atoms with Crippen LogP contribution in [-0.2, 0) is 0 Å². The topological polar surface area (TPSA) is 76.4 Å². The molecular formula is C12H10N4O2S2. The number of hydrogen-bond donors (Lipinski definition) is 1. The van der Waals surface area contributed by atoms with Crippen LogP contribution in [0.4, 0.5) is 5.13 Å². The van der Waals surface area contributed by atoms with Crippen molar-refractivity contribution >= 4 is 38.7 Å². The van der Waals surface area contributed by atoms with Crippen LogP contribution < -0.4 is 10.9 Å². The standard InChI is InChI=1S/C12H10N4O2S2/c1-6-7(2)20-12-14-5-8(10(18)16(6)12)9(17)15-11-13-3-4-19-11/h3-5H,1-2H3,(H,13,15,17). The lowest BCUT2D eigenvalue weighted by atomic mass is 10.3. The van der Waals surface area contributed by atoms with Crippen LogP contribution in [0.3, 0.4) is 0 Å². The van der Waals surface area contributed by atoms with E-state index in [0.717, 1.165) is 10.6 Å². The molecule has 0 radical (unpaired) electrons. The van der Waals surface area contributed by atoms with Gasteiger partial charge in [0.15, 0.2) is 10.1 Å². The van der Waals surface area contributed by atoms with Gasteiger partial charge in [-0.2, -0.15) is 0 Å². The average Bonchev–Trinajstić information content (AvgIpc) is 3.00. The Labute approximate surface area is 121 Å². The molecule has 0 aliphatic carbocycles. The highest BCUT2D eigenvalue weighted by molar-refractivity contribution is 7.17. The lowest BCUT2D eigenvalue weighted by molar-refractivity contribution is 0.102. The Morgan fingerprint density at radius 3 is 2.85 bits per heavy atom. The Balaban J connectivity index is 2.08. The van der Waals surface area contributed by atoms with Crippen molar-refractivity contribution in [2.75, 3.05) is 5.32 Å². The molecule has 0 aromatic carbocycles. The number of fused-ring (bicyclic) bond motifs is 1. The van der Waals surface area contributed by atoms with Crippen molar-refractivity contribution in [3.8, 4) is 0 Å². The molecule has 0 unspecified atom stereocenters. The fourth-order valence-electron chi connectivity index (χ4n) is 1.78. The number of aromatic nitrogens is 3. The first-order chi connectivity index (χ1) is 9.58. The van der Waals surface area contributed by atoms with Crippen LogP contribution in [-0.4, -0.2) is 20.3 Å². The molecule has 0 bridgehead atoms. The molecule has 0 spiro atoms. The minimum Gasteiger partial charge on any atom is -0.298 e. The van der Waals surface area contributed by atoms with Crippen molar-refractivity contribution in [3.63, 3.8) is 0 Å². The Morgan fingerprint density at radius 1 is 1.35 bits per heavy atom. The molecule has 3 rings (SSSR count). The minimum atomic E-state index is -0.491. The van der Waals surface area contributed by atoms with Crippen molar-refractivity contribution < 1.29 is 4.79 Å². The normalized spacial score (nSPS) is 10.9. The van der Waals surface area contributed by atoms with E-state index in [1.165, 1.54) is 33.3 Å². The highest BCUT2D eigenvalue weighted by Crippen LogP contribution is 2.18. The number of nitrogens with one attached hydrogen (secondary N) is 1. The Morgan fingerprint density at radius 2 is 2.15 bits per heavy atom. The molecule has 6 nitrogen and oxygen atoms in total. The van der Waals surface area contributed by atoms with E-state index in [2.05, 4.69) is 15.3 Å². The maximum Gasteiger partial charge on any atom is 0.271 e. The summed E-state index contributed by atoms with van der Waals surface area (Å²) < 4.78 is 1.47. The van der Waals surface area contributed by atoms with E-state index in [-0.39, 0.29) is 11.1 Å². The van der Waals surface area contributed by atoms with Gasteiger partial charge in [-0.3, -0.25) is 19.3 Å². The monoisotopic (exact) mass is 306 g/mol. The SMILES string of the molecule is Cc1sc2ncc(C(=O)Nc3nccs3)c(=O)n2c1C. The predicted octanol–water partition coefficient (Wildman–Crippen LogP) is 2.08. The Bertz CT molecular complexity index is 848. The average molecular weight is 306 g/mol. The van der Waals surface area contributed by atoms with Crippen LogP contribution in [0.1, 0.15) is 20.9 Å². The summed E-state index contributed by atoms with van der Waals surface area (Å²) in [6.45, 7) is 3.76. The fourth-order valence-corrected chi connectivity index (χ4v) is 3.23. The van der Waals surface area contributed by atoms with Crippen LogP contribution in [0, 0.1) is 13.8 Å². The first-order valence-corrected chi connectivity index (χ1v) is 7.46. The summed E-state index contributed by atoms with van der Waals surface area (Å²) in [4.78, 5) is 34.2. The van der Waals surface area contributed by atoms with Crippen molar-refractivity contribution in [1.82, 2.24) is 14.4 Å². The largest absolute Gasteiger partial charge is 0.298 e. The number of amides is 1. The van der Waals surface area contributed by atoms with E-state index >= 15 is 0 Å². The van der Waals surface area contributed by atoms with Gasteiger partial charge in [0.1, 0.15) is 5.56 Å². The molecule has 3 aromatic rings. The summed E-state index contributed by atoms with van der Waals surface area (Å²) in [5.74, 6) is -0.491. The molecule has 20 heavy (non-hydrogen) atoms. The van der Waals surface area contributed by atoms with Crippen LogP contribution in [0.5, 0.6) is 0 Å². The highest BCUT2D eigenvalue weighted by atomic mass is 32.1. The quantitative estimate of drug-likeness (QED) is 0.786. The molecule has 8 heteroatoms. The molecule has 3 heterocycles. The third-order valence-corrected chi connectivity index (χ3v) is 4.68. The predicted molar refractivity (Wildman–Crippen MR) is 78.9 cm³/mol. The van der Waals surface area contributed by atoms with Gasteiger partial charge in [0, 0.05) is 28.3 Å². The second-order valence-electron chi connectivity index (χ2n) is 4.13.